The van der Waals surface area contributed by atoms with Gasteiger partial charge in [0.15, 0.2) is 9.84 Å². The maximum atomic E-state index is 11.6. The molecule has 18 heavy (non-hydrogen) atoms. The third-order valence-electron chi connectivity index (χ3n) is 1.98. The predicted octanol–water partition coefficient (Wildman–Crippen LogP) is -0.583. The molecule has 0 aliphatic carbocycles. The van der Waals surface area contributed by atoms with Crippen molar-refractivity contribution in [1.82, 2.24) is 5.32 Å². The summed E-state index contributed by atoms with van der Waals surface area (Å²) >= 11 is 0. The van der Waals surface area contributed by atoms with E-state index in [-0.39, 0.29) is 12.4 Å². The lowest BCUT2D eigenvalue weighted by Gasteiger charge is -2.13. The van der Waals surface area contributed by atoms with Crippen LogP contribution in [0.5, 0.6) is 0 Å². The van der Waals surface area contributed by atoms with Crippen LogP contribution >= 0.6 is 0 Å². The fourth-order valence-corrected chi connectivity index (χ4v) is 2.46. The van der Waals surface area contributed by atoms with Crippen molar-refractivity contribution in [1.29, 1.82) is 0 Å². The molecule has 0 aliphatic heterocycles. The minimum Gasteiger partial charge on any atom is -0.480 e. The van der Waals surface area contributed by atoms with Crippen molar-refractivity contribution in [2.45, 2.75) is 26.3 Å². The Kier molecular flexibility index (Phi) is 7.53. The summed E-state index contributed by atoms with van der Waals surface area (Å²) in [5.74, 6) is -2.84. The monoisotopic (exact) mass is 281 g/mol. The van der Waals surface area contributed by atoms with E-state index < -0.39 is 33.5 Å². The molecule has 0 unspecified atom stereocenters. The number of amides is 1. The van der Waals surface area contributed by atoms with Gasteiger partial charge in [-0.15, -0.1) is 0 Å². The van der Waals surface area contributed by atoms with Crippen LogP contribution in [-0.4, -0.2) is 56.2 Å². The Morgan fingerprint density at radius 3 is 2.39 bits per heavy atom. The third kappa shape index (κ3) is 8.02. The molecule has 0 aromatic rings. The van der Waals surface area contributed by atoms with Gasteiger partial charge in [-0.05, 0) is 6.42 Å². The van der Waals surface area contributed by atoms with Crippen LogP contribution in [0.25, 0.3) is 0 Å². The van der Waals surface area contributed by atoms with Crippen molar-refractivity contribution in [2.24, 2.45) is 0 Å². The second-order valence-corrected chi connectivity index (χ2v) is 6.05. The van der Waals surface area contributed by atoms with E-state index in [0.717, 1.165) is 13.3 Å². The lowest BCUT2D eigenvalue weighted by molar-refractivity contribution is -0.140. The van der Waals surface area contributed by atoms with Crippen LogP contribution in [0, 0.1) is 0 Å². The number of carbonyl (C=O) groups is 2. The van der Waals surface area contributed by atoms with E-state index in [1.807, 2.05) is 6.92 Å². The van der Waals surface area contributed by atoms with Crippen molar-refractivity contribution in [3.63, 3.8) is 0 Å². The molecule has 0 fully saturated rings. The maximum absolute atomic E-state index is 11.6. The van der Waals surface area contributed by atoms with E-state index in [2.05, 4.69) is 5.32 Å². The van der Waals surface area contributed by atoms with Gasteiger partial charge in [-0.25, -0.2) is 13.2 Å². The highest BCUT2D eigenvalue weighted by molar-refractivity contribution is 7.91. The molecule has 1 amide bonds. The predicted molar refractivity (Wildman–Crippen MR) is 65.0 cm³/mol. The van der Waals surface area contributed by atoms with E-state index in [1.54, 1.807) is 0 Å². The zero-order chi connectivity index (χ0) is 14.2. The first-order valence-electron chi connectivity index (χ1n) is 5.56. The number of nitrogens with one attached hydrogen (secondary N) is 1. The summed E-state index contributed by atoms with van der Waals surface area (Å²) < 4.78 is 28.2. The summed E-state index contributed by atoms with van der Waals surface area (Å²) in [5, 5.41) is 10.9. The molecule has 0 saturated carbocycles. The number of hydrogen-bond donors (Lipinski definition) is 2. The Morgan fingerprint density at radius 1 is 1.33 bits per heavy atom. The molecule has 0 heterocycles. The van der Waals surface area contributed by atoms with Crippen LogP contribution in [0.4, 0.5) is 0 Å². The highest BCUT2D eigenvalue weighted by Gasteiger charge is 2.25. The summed E-state index contributed by atoms with van der Waals surface area (Å²) in [6.07, 6.45) is 0.781. The van der Waals surface area contributed by atoms with Crippen molar-refractivity contribution < 1.29 is 27.9 Å². The summed E-state index contributed by atoms with van der Waals surface area (Å²) in [6.45, 7) is 3.52. The molecule has 2 N–H and O–H groups in total. The van der Waals surface area contributed by atoms with Gasteiger partial charge in [0.25, 0.3) is 0 Å². The Balaban J connectivity index is 4.33. The van der Waals surface area contributed by atoms with Gasteiger partial charge >= 0.3 is 5.97 Å². The average Bonchev–Trinajstić information content (AvgIpc) is 2.22. The van der Waals surface area contributed by atoms with Gasteiger partial charge in [-0.1, -0.05) is 6.92 Å². The molecule has 0 radical (unpaired) electrons. The van der Waals surface area contributed by atoms with E-state index >= 15 is 0 Å². The maximum Gasteiger partial charge on any atom is 0.327 e. The molecule has 0 spiro atoms. The molecular weight excluding hydrogens is 262 g/mol. The summed E-state index contributed by atoms with van der Waals surface area (Å²) in [4.78, 5) is 21.5. The highest BCUT2D eigenvalue weighted by Crippen LogP contribution is 1.97. The van der Waals surface area contributed by atoms with E-state index in [0.29, 0.717) is 6.61 Å². The molecule has 0 bridgehead atoms. The van der Waals surface area contributed by atoms with E-state index in [4.69, 9.17) is 9.84 Å². The summed E-state index contributed by atoms with van der Waals surface area (Å²) in [7, 11) is -3.57. The van der Waals surface area contributed by atoms with Crippen LogP contribution in [-0.2, 0) is 24.2 Å². The fourth-order valence-electron chi connectivity index (χ4n) is 1.19. The number of ether oxygens (including phenoxy) is 1. The largest absolute Gasteiger partial charge is 0.480 e. The molecule has 0 aromatic heterocycles. The molecule has 0 saturated heterocycles. The van der Waals surface area contributed by atoms with E-state index in [9.17, 15) is 18.0 Å². The Hall–Kier alpha value is -1.15. The Bertz CT molecular complexity index is 378. The zero-order valence-electron chi connectivity index (χ0n) is 10.5. The number of sulfone groups is 1. The molecule has 0 rings (SSSR count). The molecule has 0 aromatic carbocycles. The topological polar surface area (TPSA) is 110 Å². The lowest BCUT2D eigenvalue weighted by Crippen LogP contribution is -2.45. The SMILES string of the molecule is CCCOCCS(=O)(=O)C[C@H](NC(C)=O)C(=O)O. The van der Waals surface area contributed by atoms with Crippen molar-refractivity contribution in [2.75, 3.05) is 24.7 Å². The van der Waals surface area contributed by atoms with Gasteiger partial charge in [0.05, 0.1) is 18.1 Å². The molecule has 7 nitrogen and oxygen atoms in total. The number of aliphatic carboxylic acids is 1. The number of rotatable bonds is 9. The standard InChI is InChI=1S/C10H19NO6S/c1-3-4-17-5-6-18(15,16)7-9(10(13)14)11-8(2)12/h9H,3-7H2,1-2H3,(H,11,12)(H,13,14)/t9-/m0/s1. The second kappa shape index (κ2) is 8.04. The van der Waals surface area contributed by atoms with Gasteiger partial charge in [-0.3, -0.25) is 4.79 Å². The molecule has 0 aliphatic rings. The molecule has 1 atom stereocenters. The molecule has 106 valence electrons. The van der Waals surface area contributed by atoms with Crippen molar-refractivity contribution >= 4 is 21.7 Å². The average molecular weight is 281 g/mol. The Labute approximate surface area is 106 Å². The van der Waals surface area contributed by atoms with Gasteiger partial charge in [0.2, 0.25) is 5.91 Å². The van der Waals surface area contributed by atoms with Crippen LogP contribution < -0.4 is 5.32 Å². The molecular formula is C10H19NO6S. The normalized spacial score (nSPS) is 13.0. The smallest absolute Gasteiger partial charge is 0.327 e. The first kappa shape index (κ1) is 16.9. The van der Waals surface area contributed by atoms with Crippen LogP contribution in [0.1, 0.15) is 20.3 Å². The Morgan fingerprint density at radius 2 is 1.94 bits per heavy atom. The van der Waals surface area contributed by atoms with Gasteiger partial charge in [-0.2, -0.15) is 0 Å². The van der Waals surface area contributed by atoms with E-state index in [1.165, 1.54) is 0 Å². The number of carboxylic acids is 1. The second-order valence-electron chi connectivity index (χ2n) is 3.82. The van der Waals surface area contributed by atoms with Crippen molar-refractivity contribution in [3.8, 4) is 0 Å². The van der Waals surface area contributed by atoms with Gasteiger partial charge < -0.3 is 15.2 Å². The third-order valence-corrected chi connectivity index (χ3v) is 3.61. The number of hydrogen-bond acceptors (Lipinski definition) is 5. The van der Waals surface area contributed by atoms with Crippen LogP contribution in [0.2, 0.25) is 0 Å². The summed E-state index contributed by atoms with van der Waals surface area (Å²) in [6, 6.07) is -1.42. The van der Waals surface area contributed by atoms with Crippen molar-refractivity contribution in [3.05, 3.63) is 0 Å². The number of carboxylic acid groups (broad SMARTS) is 1. The minimum absolute atomic E-state index is 0.0303. The lowest BCUT2D eigenvalue weighted by atomic mass is 10.3. The number of carbonyl (C=O) groups excluding carboxylic acids is 1. The molecule has 8 heteroatoms. The van der Waals surface area contributed by atoms with Gasteiger partial charge in [0, 0.05) is 13.5 Å². The summed E-state index contributed by atoms with van der Waals surface area (Å²) in [5.41, 5.74) is 0. The first-order valence-corrected chi connectivity index (χ1v) is 7.38. The zero-order valence-corrected chi connectivity index (χ0v) is 11.3. The van der Waals surface area contributed by atoms with Crippen LogP contribution in [0.15, 0.2) is 0 Å². The minimum atomic E-state index is -3.57. The van der Waals surface area contributed by atoms with Gasteiger partial charge in [0.1, 0.15) is 6.04 Å². The first-order chi connectivity index (χ1) is 8.28. The van der Waals surface area contributed by atoms with Crippen LogP contribution in [0.3, 0.4) is 0 Å². The fraction of sp³-hybridized carbons (Fsp3) is 0.800. The highest BCUT2D eigenvalue weighted by atomic mass is 32.2. The quantitative estimate of drug-likeness (QED) is 0.547.